The van der Waals surface area contributed by atoms with E-state index in [1.165, 1.54) is 0 Å². The van der Waals surface area contributed by atoms with E-state index in [1.54, 1.807) is 0 Å². The maximum Gasteiger partial charge on any atom is 0.312 e. The van der Waals surface area contributed by atoms with Gasteiger partial charge in [0.1, 0.15) is 0 Å². The van der Waals surface area contributed by atoms with Crippen LogP contribution < -0.4 is 0 Å². The maximum absolute atomic E-state index is 12.6. The van der Waals surface area contributed by atoms with Gasteiger partial charge in [-0.2, -0.15) is 0 Å². The minimum absolute atomic E-state index is 0.0302. The van der Waals surface area contributed by atoms with Crippen molar-refractivity contribution in [3.8, 4) is 0 Å². The Balaban J connectivity index is 5.12. The molecule has 0 radical (unpaired) electrons. The fourth-order valence-corrected chi connectivity index (χ4v) is 2.71. The number of carbonyl (C=O) groups excluding carboxylic acids is 1. The molecule has 0 N–H and O–H groups in total. The molecule has 0 heterocycles. The highest BCUT2D eigenvalue weighted by atomic mass is 28.3. The van der Waals surface area contributed by atoms with E-state index in [4.69, 9.17) is 4.74 Å². The number of hydrogen-bond donors (Lipinski definition) is 0. The smallest absolute Gasteiger partial charge is 0.312 e. The lowest BCUT2D eigenvalue weighted by Crippen LogP contribution is -2.45. The molecule has 0 fully saturated rings. The molecular formula is C16H34O2Si. The van der Waals surface area contributed by atoms with Crippen LogP contribution >= 0.6 is 0 Å². The molecule has 1 unspecified atom stereocenters. The Kier molecular flexibility index (Phi) is 5.50. The second-order valence-electron chi connectivity index (χ2n) is 9.46. The summed E-state index contributed by atoms with van der Waals surface area (Å²) >= 11 is 0. The number of ether oxygens (including phenoxy) is 1. The minimum Gasteiger partial charge on any atom is -0.469 e. The predicted octanol–water partition coefficient (Wildman–Crippen LogP) is 4.90. The van der Waals surface area contributed by atoms with Crippen LogP contribution in [0.1, 0.15) is 54.9 Å². The molecule has 0 aromatic heterocycles. The maximum atomic E-state index is 12.6. The van der Waals surface area contributed by atoms with Crippen molar-refractivity contribution in [3.05, 3.63) is 0 Å². The van der Waals surface area contributed by atoms with Gasteiger partial charge in [-0.1, -0.05) is 61.2 Å². The lowest BCUT2D eigenvalue weighted by Gasteiger charge is -2.43. The van der Waals surface area contributed by atoms with E-state index in [-0.39, 0.29) is 16.8 Å². The van der Waals surface area contributed by atoms with Crippen molar-refractivity contribution >= 4 is 14.0 Å². The molecule has 2 nitrogen and oxygen atoms in total. The fraction of sp³-hybridized carbons (Fsp3) is 0.938. The third kappa shape index (κ3) is 6.11. The van der Waals surface area contributed by atoms with Crippen molar-refractivity contribution in [3.63, 3.8) is 0 Å². The van der Waals surface area contributed by atoms with Gasteiger partial charge in [-0.15, -0.1) is 0 Å². The molecule has 0 aromatic carbocycles. The molecule has 0 aliphatic heterocycles. The van der Waals surface area contributed by atoms with Gasteiger partial charge >= 0.3 is 5.97 Å². The molecule has 0 aromatic rings. The average Bonchev–Trinajstić information content (AvgIpc) is 2.07. The van der Waals surface area contributed by atoms with Gasteiger partial charge in [-0.3, -0.25) is 4.79 Å². The molecular weight excluding hydrogens is 252 g/mol. The molecule has 0 aliphatic carbocycles. The lowest BCUT2D eigenvalue weighted by atomic mass is 9.61. The van der Waals surface area contributed by atoms with Crippen LogP contribution in [0.4, 0.5) is 0 Å². The average molecular weight is 287 g/mol. The van der Waals surface area contributed by atoms with Crippen LogP contribution in [-0.2, 0) is 9.53 Å². The zero-order chi connectivity index (χ0) is 15.7. The first-order chi connectivity index (χ1) is 8.08. The summed E-state index contributed by atoms with van der Waals surface area (Å²) < 4.78 is 5.67. The molecule has 0 bridgehead atoms. The van der Waals surface area contributed by atoms with Gasteiger partial charge in [-0.05, 0) is 24.2 Å². The third-order valence-corrected chi connectivity index (χ3v) is 4.64. The van der Waals surface area contributed by atoms with E-state index >= 15 is 0 Å². The predicted molar refractivity (Wildman–Crippen MR) is 85.9 cm³/mol. The van der Waals surface area contributed by atoms with E-state index in [9.17, 15) is 4.79 Å². The number of rotatable bonds is 4. The quantitative estimate of drug-likeness (QED) is 0.543. The Morgan fingerprint density at radius 3 is 1.63 bits per heavy atom. The van der Waals surface area contributed by atoms with Gasteiger partial charge in [0.05, 0.1) is 19.7 Å². The normalized spacial score (nSPS) is 16.9. The van der Waals surface area contributed by atoms with E-state index in [0.29, 0.717) is 6.23 Å². The van der Waals surface area contributed by atoms with Crippen molar-refractivity contribution < 1.29 is 9.53 Å². The van der Waals surface area contributed by atoms with Gasteiger partial charge in [0.15, 0.2) is 0 Å². The van der Waals surface area contributed by atoms with Crippen molar-refractivity contribution in [2.24, 2.45) is 16.2 Å². The Hall–Kier alpha value is -0.313. The first kappa shape index (κ1) is 18.7. The summed E-state index contributed by atoms with van der Waals surface area (Å²) in [7, 11) is -1.36. The lowest BCUT2D eigenvalue weighted by molar-refractivity contribution is -0.162. The van der Waals surface area contributed by atoms with Gasteiger partial charge in [0, 0.05) is 0 Å². The largest absolute Gasteiger partial charge is 0.469 e. The zero-order valence-electron chi connectivity index (χ0n) is 14.7. The summed E-state index contributed by atoms with van der Waals surface area (Å²) in [5.41, 5.74) is -0.429. The Labute approximate surface area is 121 Å². The van der Waals surface area contributed by atoms with E-state index in [1.807, 2.05) is 0 Å². The molecule has 1 atom stereocenters. The Morgan fingerprint density at radius 2 is 1.37 bits per heavy atom. The van der Waals surface area contributed by atoms with E-state index in [2.05, 4.69) is 68.1 Å². The summed E-state index contributed by atoms with van der Waals surface area (Å²) in [5, 5.41) is 0. The third-order valence-electron chi connectivity index (χ3n) is 3.63. The standard InChI is InChI=1S/C16H34O2Si/c1-14(2,3)11-16(7,15(4,5)6)13(17)18-12-19(8,9)10/h11-12H2,1-10H3. The highest BCUT2D eigenvalue weighted by Crippen LogP contribution is 2.47. The van der Waals surface area contributed by atoms with Gasteiger partial charge in [-0.25, -0.2) is 0 Å². The molecule has 0 saturated carbocycles. The monoisotopic (exact) mass is 286 g/mol. The number of hydrogen-bond acceptors (Lipinski definition) is 2. The molecule has 0 saturated heterocycles. The van der Waals surface area contributed by atoms with Gasteiger partial charge in [0.2, 0.25) is 0 Å². The van der Waals surface area contributed by atoms with Crippen LogP contribution in [0, 0.1) is 16.2 Å². The Bertz CT molecular complexity index is 315. The van der Waals surface area contributed by atoms with Crippen LogP contribution in [0.5, 0.6) is 0 Å². The summed E-state index contributed by atoms with van der Waals surface area (Å²) in [4.78, 5) is 12.6. The molecule has 0 aliphatic rings. The van der Waals surface area contributed by atoms with Crippen LogP contribution in [0.15, 0.2) is 0 Å². The summed E-state index contributed by atoms with van der Waals surface area (Å²) in [6.07, 6.45) is 1.45. The topological polar surface area (TPSA) is 26.3 Å². The van der Waals surface area contributed by atoms with Crippen molar-refractivity contribution in [2.75, 3.05) is 6.23 Å². The molecule has 0 rings (SSSR count). The first-order valence-electron chi connectivity index (χ1n) is 7.26. The van der Waals surface area contributed by atoms with Crippen LogP contribution in [-0.4, -0.2) is 20.3 Å². The molecule has 3 heteroatoms. The van der Waals surface area contributed by atoms with Crippen LogP contribution in [0.3, 0.4) is 0 Å². The van der Waals surface area contributed by atoms with Crippen molar-refractivity contribution in [1.29, 1.82) is 0 Å². The number of esters is 1. The molecule has 0 amide bonds. The zero-order valence-corrected chi connectivity index (χ0v) is 15.7. The van der Waals surface area contributed by atoms with Crippen LogP contribution in [0.25, 0.3) is 0 Å². The van der Waals surface area contributed by atoms with Gasteiger partial charge in [0.25, 0.3) is 0 Å². The first-order valence-corrected chi connectivity index (χ1v) is 11.0. The minimum atomic E-state index is -1.36. The summed E-state index contributed by atoms with van der Waals surface area (Å²) in [6, 6.07) is 0. The highest BCUT2D eigenvalue weighted by Gasteiger charge is 2.47. The van der Waals surface area contributed by atoms with E-state index < -0.39 is 13.5 Å². The van der Waals surface area contributed by atoms with Crippen molar-refractivity contribution in [2.45, 2.75) is 74.5 Å². The molecule has 114 valence electrons. The Morgan fingerprint density at radius 1 is 0.947 bits per heavy atom. The SMILES string of the molecule is CC(C)(C)CC(C)(C(=O)OC[Si](C)(C)C)C(C)(C)C. The van der Waals surface area contributed by atoms with Gasteiger partial charge < -0.3 is 4.74 Å². The molecule has 0 spiro atoms. The second kappa shape index (κ2) is 5.59. The molecule has 19 heavy (non-hydrogen) atoms. The second-order valence-corrected chi connectivity index (χ2v) is 14.9. The van der Waals surface area contributed by atoms with E-state index in [0.717, 1.165) is 6.42 Å². The van der Waals surface area contributed by atoms with Crippen molar-refractivity contribution in [1.82, 2.24) is 0 Å². The highest BCUT2D eigenvalue weighted by molar-refractivity contribution is 6.76. The number of carbonyl (C=O) groups is 1. The van der Waals surface area contributed by atoms with Crippen LogP contribution in [0.2, 0.25) is 19.6 Å². The fourth-order valence-electron chi connectivity index (χ4n) is 2.15. The summed E-state index contributed by atoms with van der Waals surface area (Å²) in [6.45, 7) is 21.7. The summed E-state index contributed by atoms with van der Waals surface area (Å²) in [5.74, 6) is -0.0302.